The Labute approximate surface area is 181 Å². The van der Waals surface area contributed by atoms with Crippen molar-refractivity contribution in [1.29, 1.82) is 0 Å². The van der Waals surface area contributed by atoms with Crippen LogP contribution in [-0.2, 0) is 24.7 Å². The molecule has 0 radical (unpaired) electrons. The molecule has 0 fully saturated rings. The standard InChI is InChI=1S/C19H23ClN2O6S2/c1-13(14-5-8-16(9-6-14)29(3,24)25)21-19(23)12-22(30(4,26)27)15-7-10-18(28-2)17(20)11-15/h5-11,13H,12H2,1-4H3,(H,21,23)/t13-/m0/s1. The zero-order valence-electron chi connectivity index (χ0n) is 16.9. The van der Waals surface area contributed by atoms with Crippen LogP contribution in [0.4, 0.5) is 5.69 Å². The lowest BCUT2D eigenvalue weighted by molar-refractivity contribution is -0.120. The van der Waals surface area contributed by atoms with Gasteiger partial charge in [0, 0.05) is 6.26 Å². The Kier molecular flexibility index (Phi) is 7.38. The van der Waals surface area contributed by atoms with Gasteiger partial charge in [-0.25, -0.2) is 16.8 Å². The lowest BCUT2D eigenvalue weighted by Crippen LogP contribution is -2.41. The van der Waals surface area contributed by atoms with Gasteiger partial charge in [0.25, 0.3) is 0 Å². The zero-order chi connectivity index (χ0) is 22.7. The number of carbonyl (C=O) groups excluding carboxylic acids is 1. The summed E-state index contributed by atoms with van der Waals surface area (Å²) < 4.78 is 53.6. The third-order valence-corrected chi connectivity index (χ3v) is 6.86. The highest BCUT2D eigenvalue weighted by Crippen LogP contribution is 2.30. The van der Waals surface area contributed by atoms with Crippen molar-refractivity contribution < 1.29 is 26.4 Å². The molecule has 1 atom stereocenters. The van der Waals surface area contributed by atoms with Gasteiger partial charge in [0.05, 0.1) is 35.0 Å². The molecule has 0 saturated carbocycles. The summed E-state index contributed by atoms with van der Waals surface area (Å²) in [6.45, 7) is 1.26. The molecule has 30 heavy (non-hydrogen) atoms. The van der Waals surface area contributed by atoms with Crippen LogP contribution in [0.15, 0.2) is 47.4 Å². The summed E-state index contributed by atoms with van der Waals surface area (Å²) in [6.07, 6.45) is 2.10. The predicted molar refractivity (Wildman–Crippen MR) is 116 cm³/mol. The molecule has 11 heteroatoms. The highest BCUT2D eigenvalue weighted by atomic mass is 35.5. The van der Waals surface area contributed by atoms with Crippen LogP contribution in [0, 0.1) is 0 Å². The molecule has 2 aromatic rings. The van der Waals surface area contributed by atoms with Crippen LogP contribution in [0.5, 0.6) is 5.75 Å². The molecule has 0 aromatic heterocycles. The van der Waals surface area contributed by atoms with Crippen molar-refractivity contribution in [2.75, 3.05) is 30.5 Å². The smallest absolute Gasteiger partial charge is 0.241 e. The maximum absolute atomic E-state index is 12.5. The van der Waals surface area contributed by atoms with Gasteiger partial charge in [-0.3, -0.25) is 9.10 Å². The first-order valence-electron chi connectivity index (χ1n) is 8.73. The van der Waals surface area contributed by atoms with E-state index in [-0.39, 0.29) is 15.6 Å². The van der Waals surface area contributed by atoms with E-state index < -0.39 is 38.4 Å². The number of carbonyl (C=O) groups is 1. The minimum atomic E-state index is -3.77. The SMILES string of the molecule is COc1ccc(N(CC(=O)N[C@@H](C)c2ccc(S(C)(=O)=O)cc2)S(C)(=O)=O)cc1Cl. The molecule has 0 heterocycles. The summed E-state index contributed by atoms with van der Waals surface area (Å²) in [5.41, 5.74) is 0.901. The first-order valence-corrected chi connectivity index (χ1v) is 12.9. The van der Waals surface area contributed by atoms with E-state index in [0.29, 0.717) is 11.3 Å². The van der Waals surface area contributed by atoms with Gasteiger partial charge in [-0.15, -0.1) is 0 Å². The number of benzene rings is 2. The Bertz CT molecular complexity index is 1130. The van der Waals surface area contributed by atoms with E-state index >= 15 is 0 Å². The van der Waals surface area contributed by atoms with Gasteiger partial charge in [0.1, 0.15) is 12.3 Å². The lowest BCUT2D eigenvalue weighted by Gasteiger charge is -2.24. The third-order valence-electron chi connectivity index (χ3n) is 4.30. The van der Waals surface area contributed by atoms with Crippen molar-refractivity contribution in [3.63, 3.8) is 0 Å². The van der Waals surface area contributed by atoms with Gasteiger partial charge < -0.3 is 10.1 Å². The molecule has 0 unspecified atom stereocenters. The van der Waals surface area contributed by atoms with Crippen molar-refractivity contribution in [2.24, 2.45) is 0 Å². The molecule has 2 rings (SSSR count). The number of nitrogens with one attached hydrogen (secondary N) is 1. The van der Waals surface area contributed by atoms with Crippen LogP contribution in [0.25, 0.3) is 0 Å². The number of hydrogen-bond donors (Lipinski definition) is 1. The normalized spacial score (nSPS) is 12.8. The second-order valence-electron chi connectivity index (χ2n) is 6.72. The van der Waals surface area contributed by atoms with E-state index in [2.05, 4.69) is 5.32 Å². The number of amides is 1. The summed E-state index contributed by atoms with van der Waals surface area (Å²) in [4.78, 5) is 12.7. The number of ether oxygens (including phenoxy) is 1. The molecule has 0 bridgehead atoms. The van der Waals surface area contributed by atoms with Crippen molar-refractivity contribution in [3.05, 3.63) is 53.1 Å². The van der Waals surface area contributed by atoms with Crippen LogP contribution in [0.2, 0.25) is 5.02 Å². The largest absolute Gasteiger partial charge is 0.495 e. The van der Waals surface area contributed by atoms with Crippen LogP contribution < -0.4 is 14.4 Å². The number of methoxy groups -OCH3 is 1. The van der Waals surface area contributed by atoms with Gasteiger partial charge in [-0.1, -0.05) is 23.7 Å². The summed E-state index contributed by atoms with van der Waals surface area (Å²) in [7, 11) is -5.65. The zero-order valence-corrected chi connectivity index (χ0v) is 19.3. The Morgan fingerprint density at radius 2 is 1.70 bits per heavy atom. The van der Waals surface area contributed by atoms with E-state index in [1.165, 1.54) is 37.4 Å². The topological polar surface area (TPSA) is 110 Å². The van der Waals surface area contributed by atoms with Gasteiger partial charge >= 0.3 is 0 Å². The number of rotatable bonds is 8. The van der Waals surface area contributed by atoms with Crippen LogP contribution in [-0.4, -0.2) is 48.9 Å². The maximum Gasteiger partial charge on any atom is 0.241 e. The van der Waals surface area contributed by atoms with E-state index in [1.54, 1.807) is 19.1 Å². The number of halogens is 1. The Morgan fingerprint density at radius 3 is 2.17 bits per heavy atom. The lowest BCUT2D eigenvalue weighted by atomic mass is 10.1. The second kappa shape index (κ2) is 9.23. The molecule has 1 amide bonds. The van der Waals surface area contributed by atoms with Crippen molar-refractivity contribution in [2.45, 2.75) is 17.9 Å². The monoisotopic (exact) mass is 474 g/mol. The van der Waals surface area contributed by atoms with Crippen molar-refractivity contribution >= 4 is 43.1 Å². The molecule has 0 saturated heterocycles. The molecular formula is C19H23ClN2O6S2. The van der Waals surface area contributed by atoms with E-state index in [0.717, 1.165) is 16.8 Å². The number of nitrogens with zero attached hydrogens (tertiary/aromatic N) is 1. The Morgan fingerprint density at radius 1 is 1.10 bits per heavy atom. The summed E-state index contributed by atoms with van der Waals surface area (Å²) in [5.74, 6) is -0.156. The fraction of sp³-hybridized carbons (Fsp3) is 0.316. The number of anilines is 1. The number of sulfonamides is 1. The Balaban J connectivity index is 2.17. The minimum Gasteiger partial charge on any atom is -0.495 e. The molecule has 0 aliphatic rings. The van der Waals surface area contributed by atoms with E-state index in [9.17, 15) is 21.6 Å². The van der Waals surface area contributed by atoms with Gasteiger partial charge in [-0.2, -0.15) is 0 Å². The molecule has 1 N–H and O–H groups in total. The first-order chi connectivity index (χ1) is 13.8. The molecule has 0 aliphatic heterocycles. The molecular weight excluding hydrogens is 452 g/mol. The maximum atomic E-state index is 12.5. The summed E-state index contributed by atoms with van der Waals surface area (Å²) in [5, 5.41) is 2.92. The van der Waals surface area contributed by atoms with Gasteiger partial charge in [-0.05, 0) is 42.8 Å². The highest BCUT2D eigenvalue weighted by Gasteiger charge is 2.23. The van der Waals surface area contributed by atoms with E-state index in [4.69, 9.17) is 16.3 Å². The number of hydrogen-bond acceptors (Lipinski definition) is 6. The highest BCUT2D eigenvalue weighted by molar-refractivity contribution is 7.92. The fourth-order valence-electron chi connectivity index (χ4n) is 2.72. The first kappa shape index (κ1) is 24.0. The fourth-order valence-corrected chi connectivity index (χ4v) is 4.45. The predicted octanol–water partition coefficient (Wildman–Crippen LogP) is 2.40. The molecule has 0 spiro atoms. The summed E-state index contributed by atoms with van der Waals surface area (Å²) in [6, 6.07) is 10.0. The second-order valence-corrected chi connectivity index (χ2v) is 11.0. The average Bonchev–Trinajstić information content (AvgIpc) is 2.64. The average molecular weight is 475 g/mol. The Hall–Kier alpha value is -2.30. The molecule has 2 aromatic carbocycles. The number of sulfone groups is 1. The summed E-state index contributed by atoms with van der Waals surface area (Å²) >= 11 is 6.08. The van der Waals surface area contributed by atoms with Gasteiger partial charge in [0.15, 0.2) is 9.84 Å². The minimum absolute atomic E-state index is 0.171. The van der Waals surface area contributed by atoms with Gasteiger partial charge in [0.2, 0.25) is 15.9 Å². The molecule has 0 aliphatic carbocycles. The third kappa shape index (κ3) is 6.10. The quantitative estimate of drug-likeness (QED) is 0.629. The van der Waals surface area contributed by atoms with Crippen LogP contribution in [0.1, 0.15) is 18.5 Å². The van der Waals surface area contributed by atoms with Crippen molar-refractivity contribution in [3.8, 4) is 5.75 Å². The van der Waals surface area contributed by atoms with Crippen LogP contribution in [0.3, 0.4) is 0 Å². The molecule has 8 nitrogen and oxygen atoms in total. The van der Waals surface area contributed by atoms with Crippen LogP contribution >= 0.6 is 11.6 Å². The molecule has 164 valence electrons. The van der Waals surface area contributed by atoms with E-state index in [1.807, 2.05) is 0 Å². The van der Waals surface area contributed by atoms with Crippen molar-refractivity contribution in [1.82, 2.24) is 5.32 Å².